The quantitative estimate of drug-likeness (QED) is 0.766. The van der Waals surface area contributed by atoms with Crippen LogP contribution in [0.4, 0.5) is 0 Å². The molecule has 2 N–H and O–H groups in total. The second-order valence-electron chi connectivity index (χ2n) is 3.79. The number of fused-ring (bicyclic) bond motifs is 1. The molecule has 0 amide bonds. The molecule has 0 aromatic heterocycles. The summed E-state index contributed by atoms with van der Waals surface area (Å²) in [6.07, 6.45) is 0.758. The SMILES string of the molecule is CNCC(=O)c1ccc2c(c1O)OCCCO2. The normalized spacial score (nSPS) is 14.2. The number of aromatic hydroxyl groups is 1. The third-order valence-corrected chi connectivity index (χ3v) is 2.53. The molecule has 1 aromatic rings. The fourth-order valence-electron chi connectivity index (χ4n) is 1.70. The van der Waals surface area contributed by atoms with Crippen molar-refractivity contribution in [3.63, 3.8) is 0 Å². The molecule has 0 aliphatic carbocycles. The number of nitrogens with one attached hydrogen (secondary N) is 1. The van der Waals surface area contributed by atoms with E-state index in [2.05, 4.69) is 5.32 Å². The first-order chi connectivity index (χ1) is 8.24. The van der Waals surface area contributed by atoms with Crippen LogP contribution in [0.25, 0.3) is 0 Å². The summed E-state index contributed by atoms with van der Waals surface area (Å²) in [7, 11) is 1.68. The van der Waals surface area contributed by atoms with Crippen LogP contribution in [-0.2, 0) is 0 Å². The second kappa shape index (κ2) is 5.05. The highest BCUT2D eigenvalue weighted by Crippen LogP contribution is 2.40. The molecule has 5 heteroatoms. The number of phenols is 1. The molecule has 0 saturated carbocycles. The van der Waals surface area contributed by atoms with E-state index in [1.54, 1.807) is 19.2 Å². The first-order valence-corrected chi connectivity index (χ1v) is 5.53. The van der Waals surface area contributed by atoms with Crippen LogP contribution in [0, 0.1) is 0 Å². The van der Waals surface area contributed by atoms with Gasteiger partial charge in [-0.1, -0.05) is 0 Å². The van der Waals surface area contributed by atoms with Gasteiger partial charge in [-0.05, 0) is 19.2 Å². The lowest BCUT2D eigenvalue weighted by Crippen LogP contribution is -2.18. The van der Waals surface area contributed by atoms with Crippen molar-refractivity contribution in [1.29, 1.82) is 0 Å². The molecular formula is C12H15NO4. The molecule has 0 unspecified atom stereocenters. The molecule has 17 heavy (non-hydrogen) atoms. The summed E-state index contributed by atoms with van der Waals surface area (Å²) in [4.78, 5) is 11.7. The van der Waals surface area contributed by atoms with Crippen molar-refractivity contribution in [3.8, 4) is 17.2 Å². The molecule has 2 rings (SSSR count). The van der Waals surface area contributed by atoms with E-state index >= 15 is 0 Å². The van der Waals surface area contributed by atoms with Gasteiger partial charge in [-0.25, -0.2) is 0 Å². The summed E-state index contributed by atoms with van der Waals surface area (Å²) in [6, 6.07) is 3.21. The monoisotopic (exact) mass is 237 g/mol. The Hall–Kier alpha value is -1.75. The van der Waals surface area contributed by atoms with Gasteiger partial charge in [0.2, 0.25) is 5.75 Å². The van der Waals surface area contributed by atoms with Crippen LogP contribution in [0.2, 0.25) is 0 Å². The van der Waals surface area contributed by atoms with Crippen molar-refractivity contribution in [2.75, 3.05) is 26.8 Å². The lowest BCUT2D eigenvalue weighted by Gasteiger charge is -2.11. The Morgan fingerprint density at radius 3 is 2.94 bits per heavy atom. The van der Waals surface area contributed by atoms with Crippen LogP contribution in [-0.4, -0.2) is 37.7 Å². The second-order valence-corrected chi connectivity index (χ2v) is 3.79. The zero-order valence-corrected chi connectivity index (χ0v) is 9.66. The molecule has 1 aliphatic rings. The Balaban J connectivity index is 2.37. The van der Waals surface area contributed by atoms with Crippen LogP contribution < -0.4 is 14.8 Å². The van der Waals surface area contributed by atoms with E-state index < -0.39 is 0 Å². The Morgan fingerprint density at radius 1 is 1.41 bits per heavy atom. The van der Waals surface area contributed by atoms with Gasteiger partial charge in [0.05, 0.1) is 25.3 Å². The molecule has 0 fully saturated rings. The molecule has 1 aromatic carbocycles. The molecule has 0 radical (unpaired) electrons. The number of likely N-dealkylation sites (N-methyl/N-ethyl adjacent to an activating group) is 1. The zero-order chi connectivity index (χ0) is 12.3. The topological polar surface area (TPSA) is 67.8 Å². The molecule has 1 aliphatic heterocycles. The maximum Gasteiger partial charge on any atom is 0.204 e. The number of benzene rings is 1. The fourth-order valence-corrected chi connectivity index (χ4v) is 1.70. The van der Waals surface area contributed by atoms with E-state index in [0.717, 1.165) is 6.42 Å². The highest BCUT2D eigenvalue weighted by atomic mass is 16.5. The first-order valence-electron chi connectivity index (χ1n) is 5.53. The summed E-state index contributed by atoms with van der Waals surface area (Å²) in [5.41, 5.74) is 0.253. The Kier molecular flexibility index (Phi) is 3.49. The van der Waals surface area contributed by atoms with Crippen molar-refractivity contribution in [1.82, 2.24) is 5.32 Å². The average molecular weight is 237 g/mol. The highest BCUT2D eigenvalue weighted by Gasteiger charge is 2.20. The van der Waals surface area contributed by atoms with Gasteiger partial charge in [0.25, 0.3) is 0 Å². The van der Waals surface area contributed by atoms with E-state index in [1.807, 2.05) is 0 Å². The third kappa shape index (κ3) is 2.34. The van der Waals surface area contributed by atoms with Gasteiger partial charge >= 0.3 is 0 Å². The smallest absolute Gasteiger partial charge is 0.204 e. The highest BCUT2D eigenvalue weighted by molar-refractivity contribution is 6.01. The number of Topliss-reactive ketones (excluding diaryl/α,β-unsaturated/α-hetero) is 1. The minimum absolute atomic E-state index is 0.135. The van der Waals surface area contributed by atoms with Gasteiger partial charge in [0.15, 0.2) is 17.3 Å². The third-order valence-electron chi connectivity index (χ3n) is 2.53. The molecule has 0 spiro atoms. The van der Waals surface area contributed by atoms with E-state index in [-0.39, 0.29) is 29.4 Å². The number of phenolic OH excluding ortho intramolecular Hbond substituents is 1. The minimum Gasteiger partial charge on any atom is -0.504 e. The lowest BCUT2D eigenvalue weighted by atomic mass is 10.1. The minimum atomic E-state index is -0.180. The van der Waals surface area contributed by atoms with E-state index in [0.29, 0.717) is 19.0 Å². The van der Waals surface area contributed by atoms with Crippen molar-refractivity contribution in [2.45, 2.75) is 6.42 Å². The number of hydrogen-bond donors (Lipinski definition) is 2. The number of carbonyl (C=O) groups is 1. The molecule has 0 saturated heterocycles. The maximum atomic E-state index is 11.7. The standard InChI is InChI=1S/C12H15NO4/c1-13-7-9(14)8-3-4-10-12(11(8)15)17-6-2-5-16-10/h3-4,13,15H,2,5-7H2,1H3. The van der Waals surface area contributed by atoms with E-state index in [4.69, 9.17) is 9.47 Å². The average Bonchev–Trinajstić information content (AvgIpc) is 2.55. The molecule has 5 nitrogen and oxygen atoms in total. The van der Waals surface area contributed by atoms with Crippen LogP contribution in [0.3, 0.4) is 0 Å². The molecular weight excluding hydrogens is 222 g/mol. The first kappa shape index (κ1) is 11.7. The number of hydrogen-bond acceptors (Lipinski definition) is 5. The summed E-state index contributed by atoms with van der Waals surface area (Å²) in [6.45, 7) is 1.20. The van der Waals surface area contributed by atoms with Crippen molar-refractivity contribution in [2.24, 2.45) is 0 Å². The fraction of sp³-hybridized carbons (Fsp3) is 0.417. The predicted octanol–water partition coefficient (Wildman–Crippen LogP) is 0.956. The van der Waals surface area contributed by atoms with Crippen LogP contribution in [0.15, 0.2) is 12.1 Å². The largest absolute Gasteiger partial charge is 0.504 e. The lowest BCUT2D eigenvalue weighted by molar-refractivity contribution is 0.0990. The number of rotatable bonds is 3. The van der Waals surface area contributed by atoms with Crippen LogP contribution in [0.5, 0.6) is 17.2 Å². The van der Waals surface area contributed by atoms with Gasteiger partial charge in [-0.15, -0.1) is 0 Å². The van der Waals surface area contributed by atoms with Gasteiger partial charge in [-0.2, -0.15) is 0 Å². The van der Waals surface area contributed by atoms with E-state index in [1.165, 1.54) is 0 Å². The molecule has 0 bridgehead atoms. The summed E-state index contributed by atoms with van der Waals surface area (Å²) >= 11 is 0. The number of ketones is 1. The summed E-state index contributed by atoms with van der Waals surface area (Å²) < 4.78 is 10.8. The summed E-state index contributed by atoms with van der Waals surface area (Å²) in [5, 5.41) is 12.8. The zero-order valence-electron chi connectivity index (χ0n) is 9.66. The number of carbonyl (C=O) groups excluding carboxylic acids is 1. The molecule has 92 valence electrons. The Morgan fingerprint density at radius 2 is 2.18 bits per heavy atom. The number of ether oxygens (including phenoxy) is 2. The van der Waals surface area contributed by atoms with Crippen LogP contribution in [0.1, 0.15) is 16.8 Å². The van der Waals surface area contributed by atoms with Gasteiger partial charge in [0, 0.05) is 6.42 Å². The van der Waals surface area contributed by atoms with Gasteiger partial charge in [0.1, 0.15) is 0 Å². The van der Waals surface area contributed by atoms with Gasteiger partial charge in [-0.3, -0.25) is 4.79 Å². The Bertz CT molecular complexity index is 431. The van der Waals surface area contributed by atoms with Gasteiger partial charge < -0.3 is 19.9 Å². The van der Waals surface area contributed by atoms with Crippen molar-refractivity contribution >= 4 is 5.78 Å². The van der Waals surface area contributed by atoms with E-state index in [9.17, 15) is 9.90 Å². The summed E-state index contributed by atoms with van der Waals surface area (Å²) in [5.74, 6) is 0.441. The maximum absolute atomic E-state index is 11.7. The predicted molar refractivity (Wildman–Crippen MR) is 62.0 cm³/mol. The molecule has 1 heterocycles. The Labute approximate surface area is 99.3 Å². The van der Waals surface area contributed by atoms with Crippen molar-refractivity contribution in [3.05, 3.63) is 17.7 Å². The molecule has 0 atom stereocenters. The van der Waals surface area contributed by atoms with Crippen molar-refractivity contribution < 1.29 is 19.4 Å². The van der Waals surface area contributed by atoms with Crippen LogP contribution >= 0.6 is 0 Å².